The van der Waals surface area contributed by atoms with E-state index in [-0.39, 0.29) is 28.6 Å². The average molecular weight is 479 g/mol. The number of rotatable bonds is 6. The third kappa shape index (κ3) is 5.02. The van der Waals surface area contributed by atoms with Crippen LogP contribution < -0.4 is 0 Å². The first-order chi connectivity index (χ1) is 15.4. The first-order valence-electron chi connectivity index (χ1n) is 11.2. The van der Waals surface area contributed by atoms with Gasteiger partial charge in [0.05, 0.1) is 10.6 Å². The lowest BCUT2D eigenvalue weighted by Crippen LogP contribution is -2.48. The molecule has 0 N–H and O–H groups in total. The second-order valence-corrected chi connectivity index (χ2v) is 11.4. The van der Waals surface area contributed by atoms with Crippen LogP contribution >= 0.6 is 11.8 Å². The summed E-state index contributed by atoms with van der Waals surface area (Å²) in [4.78, 5) is 14.9. The Morgan fingerprint density at radius 3 is 2.34 bits per heavy atom. The molecule has 0 unspecified atom stereocenters. The highest BCUT2D eigenvalue weighted by Gasteiger charge is 2.29. The number of benzene rings is 1. The Kier molecular flexibility index (Phi) is 7.21. The van der Waals surface area contributed by atoms with Crippen LogP contribution in [0.15, 0.2) is 38.8 Å². The van der Waals surface area contributed by atoms with Crippen molar-refractivity contribution in [3.05, 3.63) is 24.3 Å². The van der Waals surface area contributed by atoms with E-state index in [0.717, 1.165) is 38.5 Å². The fourth-order valence-electron chi connectivity index (χ4n) is 4.52. The average Bonchev–Trinajstić information content (AvgIpc) is 3.27. The zero-order chi connectivity index (χ0) is 22.7. The molecule has 3 heterocycles. The predicted octanol–water partition coefficient (Wildman–Crippen LogP) is 3.79. The normalized spacial score (nSPS) is 22.8. The van der Waals surface area contributed by atoms with Gasteiger partial charge in [-0.25, -0.2) is 8.42 Å². The van der Waals surface area contributed by atoms with E-state index in [1.165, 1.54) is 11.8 Å². The van der Waals surface area contributed by atoms with Crippen LogP contribution in [0, 0.1) is 0 Å². The maximum Gasteiger partial charge on any atom is 0.277 e. The lowest BCUT2D eigenvalue weighted by Gasteiger charge is -2.39. The van der Waals surface area contributed by atoms with Gasteiger partial charge >= 0.3 is 0 Å². The van der Waals surface area contributed by atoms with E-state index in [1.807, 2.05) is 4.90 Å². The first kappa shape index (κ1) is 23.3. The van der Waals surface area contributed by atoms with Gasteiger partial charge < -0.3 is 9.32 Å². The first-order valence-corrected chi connectivity index (χ1v) is 13.7. The molecule has 174 valence electrons. The van der Waals surface area contributed by atoms with Crippen molar-refractivity contribution in [2.45, 2.75) is 74.6 Å². The Hall–Kier alpha value is -1.91. The third-order valence-electron chi connectivity index (χ3n) is 6.26. The molecule has 1 aromatic heterocycles. The van der Waals surface area contributed by atoms with E-state index in [2.05, 4.69) is 24.0 Å². The number of thioether (sulfide) groups is 1. The second-order valence-electron chi connectivity index (χ2n) is 8.58. The molecule has 10 heteroatoms. The molecule has 2 aliphatic rings. The topological polar surface area (TPSA) is 96.6 Å². The summed E-state index contributed by atoms with van der Waals surface area (Å²) in [7, 11) is -3.47. The van der Waals surface area contributed by atoms with Crippen LogP contribution in [-0.4, -0.2) is 64.7 Å². The molecule has 2 atom stereocenters. The van der Waals surface area contributed by atoms with Crippen LogP contribution in [0.2, 0.25) is 0 Å². The largest absolute Gasteiger partial charge is 0.411 e. The number of aromatic nitrogens is 2. The molecule has 32 heavy (non-hydrogen) atoms. The standard InChI is InChI=1S/C22H30N4O4S2/c1-16-7-6-8-17(2)26(16)20(27)15-31-22-24-23-21(30-22)18-9-11-19(12-10-18)32(28,29)25-13-4-3-5-14-25/h9-12,16-17H,3-8,13-15H2,1-2H3/t16-,17-/m1/s1. The number of hydrogen-bond acceptors (Lipinski definition) is 7. The van der Waals surface area contributed by atoms with Crippen LogP contribution in [0.5, 0.6) is 0 Å². The smallest absolute Gasteiger partial charge is 0.277 e. The van der Waals surface area contributed by atoms with E-state index >= 15 is 0 Å². The van der Waals surface area contributed by atoms with Crippen molar-refractivity contribution in [2.24, 2.45) is 0 Å². The Morgan fingerprint density at radius 1 is 1.03 bits per heavy atom. The highest BCUT2D eigenvalue weighted by atomic mass is 32.2. The molecule has 0 radical (unpaired) electrons. The number of likely N-dealkylation sites (tertiary alicyclic amines) is 1. The van der Waals surface area contributed by atoms with Gasteiger partial charge in [0, 0.05) is 30.7 Å². The van der Waals surface area contributed by atoms with Crippen molar-refractivity contribution in [2.75, 3.05) is 18.8 Å². The summed E-state index contributed by atoms with van der Waals surface area (Å²) in [6.07, 6.45) is 6.11. The zero-order valence-corrected chi connectivity index (χ0v) is 20.2. The number of carbonyl (C=O) groups is 1. The summed E-state index contributed by atoms with van der Waals surface area (Å²) in [5.74, 6) is 0.645. The summed E-state index contributed by atoms with van der Waals surface area (Å²) >= 11 is 1.23. The second kappa shape index (κ2) is 9.93. The molecule has 0 aliphatic carbocycles. The predicted molar refractivity (Wildman–Crippen MR) is 123 cm³/mol. The summed E-state index contributed by atoms with van der Waals surface area (Å²) in [6, 6.07) is 7.04. The summed E-state index contributed by atoms with van der Waals surface area (Å²) < 4.78 is 32.9. The van der Waals surface area contributed by atoms with Gasteiger partial charge in [0.2, 0.25) is 21.8 Å². The number of sulfonamides is 1. The fourth-order valence-corrected chi connectivity index (χ4v) is 6.67. The number of nitrogens with zero attached hydrogens (tertiary/aromatic N) is 4. The number of piperidine rings is 2. The molecule has 0 saturated carbocycles. The molecule has 1 amide bonds. The van der Waals surface area contributed by atoms with E-state index in [4.69, 9.17) is 4.42 Å². The van der Waals surface area contributed by atoms with Crippen LogP contribution in [0.4, 0.5) is 0 Å². The minimum absolute atomic E-state index is 0.0849. The minimum atomic E-state index is -3.47. The number of hydrogen-bond donors (Lipinski definition) is 0. The van der Waals surface area contributed by atoms with E-state index in [1.54, 1.807) is 28.6 Å². The third-order valence-corrected chi connectivity index (χ3v) is 8.98. The molecular formula is C22H30N4O4S2. The van der Waals surface area contributed by atoms with Gasteiger partial charge in [0.25, 0.3) is 5.22 Å². The zero-order valence-electron chi connectivity index (χ0n) is 18.6. The summed E-state index contributed by atoms with van der Waals surface area (Å²) in [6.45, 7) is 5.33. The van der Waals surface area contributed by atoms with Crippen LogP contribution in [0.3, 0.4) is 0 Å². The summed E-state index contributed by atoms with van der Waals surface area (Å²) in [5.41, 5.74) is 0.645. The van der Waals surface area contributed by atoms with Crippen molar-refractivity contribution in [1.82, 2.24) is 19.4 Å². The SMILES string of the molecule is C[C@@H]1CCC[C@@H](C)N1C(=O)CSc1nnc(-c2ccc(S(=O)(=O)N3CCCCC3)cc2)o1. The van der Waals surface area contributed by atoms with E-state index < -0.39 is 10.0 Å². The van der Waals surface area contributed by atoms with Crippen molar-refractivity contribution in [1.29, 1.82) is 0 Å². The highest BCUT2D eigenvalue weighted by Crippen LogP contribution is 2.28. The molecule has 1 aromatic carbocycles. The van der Waals surface area contributed by atoms with Crippen LogP contribution in [0.25, 0.3) is 11.5 Å². The van der Waals surface area contributed by atoms with Crippen molar-refractivity contribution >= 4 is 27.7 Å². The number of carbonyl (C=O) groups excluding carboxylic acids is 1. The molecule has 2 fully saturated rings. The van der Waals surface area contributed by atoms with Gasteiger partial charge in [-0.3, -0.25) is 4.79 Å². The molecule has 0 bridgehead atoms. The highest BCUT2D eigenvalue weighted by molar-refractivity contribution is 7.99. The van der Waals surface area contributed by atoms with Crippen molar-refractivity contribution in [3.8, 4) is 11.5 Å². The van der Waals surface area contributed by atoms with Gasteiger partial charge in [-0.2, -0.15) is 4.31 Å². The number of amides is 1. The molecule has 2 aromatic rings. The molecule has 2 saturated heterocycles. The van der Waals surface area contributed by atoms with Crippen molar-refractivity contribution < 1.29 is 17.6 Å². The lowest BCUT2D eigenvalue weighted by molar-refractivity contribution is -0.134. The van der Waals surface area contributed by atoms with Gasteiger partial charge in [-0.1, -0.05) is 18.2 Å². The summed E-state index contributed by atoms with van der Waals surface area (Å²) in [5, 5.41) is 8.44. The van der Waals surface area contributed by atoms with Gasteiger partial charge in [-0.05, 0) is 70.2 Å². The van der Waals surface area contributed by atoms with E-state index in [9.17, 15) is 13.2 Å². The maximum absolute atomic E-state index is 12.8. The maximum atomic E-state index is 12.8. The van der Waals surface area contributed by atoms with E-state index in [0.29, 0.717) is 29.8 Å². The monoisotopic (exact) mass is 478 g/mol. The molecule has 0 spiro atoms. The Balaban J connectivity index is 1.38. The van der Waals surface area contributed by atoms with Gasteiger partial charge in [-0.15, -0.1) is 10.2 Å². The van der Waals surface area contributed by atoms with Gasteiger partial charge in [0.15, 0.2) is 0 Å². The Labute approximate surface area is 193 Å². The molecule has 2 aliphatic heterocycles. The van der Waals surface area contributed by atoms with Crippen LogP contribution in [0.1, 0.15) is 52.4 Å². The molecule has 4 rings (SSSR count). The molecular weight excluding hydrogens is 448 g/mol. The quantitative estimate of drug-likeness (QED) is 0.583. The fraction of sp³-hybridized carbons (Fsp3) is 0.591. The van der Waals surface area contributed by atoms with Crippen molar-refractivity contribution in [3.63, 3.8) is 0 Å². The molecule has 8 nitrogen and oxygen atoms in total. The lowest BCUT2D eigenvalue weighted by atomic mass is 9.98. The Bertz CT molecular complexity index is 1020. The van der Waals surface area contributed by atoms with Crippen LogP contribution in [-0.2, 0) is 14.8 Å². The minimum Gasteiger partial charge on any atom is -0.411 e. The Morgan fingerprint density at radius 2 is 1.69 bits per heavy atom. The van der Waals surface area contributed by atoms with Gasteiger partial charge in [0.1, 0.15) is 0 Å².